The summed E-state index contributed by atoms with van der Waals surface area (Å²) >= 11 is 0. The molecule has 3 aromatic carbocycles. The Bertz CT molecular complexity index is 1120. The summed E-state index contributed by atoms with van der Waals surface area (Å²) in [4.78, 5) is 24.0. The smallest absolute Gasteiger partial charge is 0.333 e. The summed E-state index contributed by atoms with van der Waals surface area (Å²) in [5.74, 6) is 0.195. The molecule has 0 aliphatic heterocycles. The zero-order valence-electron chi connectivity index (χ0n) is 18.9. The average molecular weight is 447 g/mol. The molecule has 0 aliphatic carbocycles. The Labute approximate surface area is 194 Å². The van der Waals surface area contributed by atoms with Crippen LogP contribution in [0.1, 0.15) is 43.0 Å². The van der Waals surface area contributed by atoms with Gasteiger partial charge in [0.15, 0.2) is 0 Å². The maximum atomic E-state index is 12.7. The van der Waals surface area contributed by atoms with E-state index < -0.39 is 0 Å². The first-order valence-corrected chi connectivity index (χ1v) is 11.1. The highest BCUT2D eigenvalue weighted by Gasteiger charge is 2.10. The van der Waals surface area contributed by atoms with Crippen molar-refractivity contribution in [3.8, 4) is 5.75 Å². The van der Waals surface area contributed by atoms with Crippen LogP contribution in [0.4, 0.5) is 11.4 Å². The highest BCUT2D eigenvalue weighted by molar-refractivity contribution is 6.11. The molecule has 172 valence electrons. The second-order valence-corrected chi connectivity index (χ2v) is 7.91. The van der Waals surface area contributed by atoms with Gasteiger partial charge in [0, 0.05) is 33.3 Å². The van der Waals surface area contributed by atoms with Gasteiger partial charge in [0.25, 0.3) is 5.91 Å². The molecule has 0 spiro atoms. The summed E-state index contributed by atoms with van der Waals surface area (Å²) in [5, 5.41) is 4.78. The lowest BCUT2D eigenvalue weighted by molar-refractivity contribution is -0.139. The van der Waals surface area contributed by atoms with Gasteiger partial charge in [0.1, 0.15) is 5.75 Å². The lowest BCUT2D eigenvalue weighted by atomic mass is 10.1. The van der Waals surface area contributed by atoms with Gasteiger partial charge in [0.05, 0.1) is 13.2 Å². The molecule has 0 unspecified atom stereocenters. The molecule has 1 amide bonds. The molecular formula is C27H30N2O4. The summed E-state index contributed by atoms with van der Waals surface area (Å²) in [6.45, 7) is 6.20. The SMILES string of the molecule is C=C(C)C(=O)OCCCCCCOc1ccc(C(=O)Nc2ccc(N)c3ccccc23)cc1. The third-order valence-electron chi connectivity index (χ3n) is 5.21. The van der Waals surface area contributed by atoms with Crippen molar-refractivity contribution >= 4 is 34.0 Å². The van der Waals surface area contributed by atoms with E-state index in [1.165, 1.54) is 0 Å². The molecule has 0 atom stereocenters. The van der Waals surface area contributed by atoms with E-state index in [1.807, 2.05) is 30.3 Å². The van der Waals surface area contributed by atoms with Crippen LogP contribution in [0.5, 0.6) is 5.75 Å². The van der Waals surface area contributed by atoms with Crippen molar-refractivity contribution in [2.45, 2.75) is 32.6 Å². The molecule has 0 saturated carbocycles. The van der Waals surface area contributed by atoms with Crippen molar-refractivity contribution in [2.24, 2.45) is 0 Å². The Morgan fingerprint density at radius 3 is 2.24 bits per heavy atom. The molecule has 3 aromatic rings. The largest absolute Gasteiger partial charge is 0.494 e. The standard InChI is InChI=1S/C27H30N2O4/c1-19(2)27(31)33-18-8-4-3-7-17-32-21-13-11-20(12-14-21)26(30)29-25-16-15-24(28)22-9-5-6-10-23(22)25/h5-6,9-16H,1,3-4,7-8,17-18,28H2,2H3,(H,29,30). The molecule has 0 saturated heterocycles. The number of carbonyl (C=O) groups excluding carboxylic acids is 2. The number of hydrogen-bond acceptors (Lipinski definition) is 5. The molecule has 33 heavy (non-hydrogen) atoms. The van der Waals surface area contributed by atoms with Crippen molar-refractivity contribution in [1.82, 2.24) is 0 Å². The maximum absolute atomic E-state index is 12.7. The first kappa shape index (κ1) is 23.9. The van der Waals surface area contributed by atoms with E-state index in [2.05, 4.69) is 11.9 Å². The van der Waals surface area contributed by atoms with Gasteiger partial charge >= 0.3 is 5.97 Å². The first-order valence-electron chi connectivity index (χ1n) is 11.1. The Kier molecular flexibility index (Phi) is 8.47. The summed E-state index contributed by atoms with van der Waals surface area (Å²) in [7, 11) is 0. The normalized spacial score (nSPS) is 10.6. The second kappa shape index (κ2) is 11.7. The molecule has 6 heteroatoms. The number of ether oxygens (including phenoxy) is 2. The lowest BCUT2D eigenvalue weighted by Crippen LogP contribution is -2.12. The molecule has 6 nitrogen and oxygen atoms in total. The summed E-state index contributed by atoms with van der Waals surface area (Å²) in [5.41, 5.74) is 8.41. The Balaban J connectivity index is 1.41. The number of rotatable bonds is 11. The van der Waals surface area contributed by atoms with Gasteiger partial charge in [0.2, 0.25) is 0 Å². The van der Waals surface area contributed by atoms with Gasteiger partial charge in [-0.1, -0.05) is 30.8 Å². The molecule has 0 radical (unpaired) electrons. The van der Waals surface area contributed by atoms with E-state index in [0.717, 1.165) is 47.9 Å². The molecule has 3 rings (SSSR count). The zero-order chi connectivity index (χ0) is 23.6. The predicted molar refractivity (Wildman–Crippen MR) is 132 cm³/mol. The maximum Gasteiger partial charge on any atom is 0.333 e. The first-order chi connectivity index (χ1) is 16.0. The van der Waals surface area contributed by atoms with Crippen molar-refractivity contribution in [1.29, 1.82) is 0 Å². The van der Waals surface area contributed by atoms with Crippen LogP contribution in [-0.4, -0.2) is 25.1 Å². The van der Waals surface area contributed by atoms with E-state index >= 15 is 0 Å². The third kappa shape index (κ3) is 6.84. The van der Waals surface area contributed by atoms with Gasteiger partial charge in [-0.15, -0.1) is 0 Å². The molecular weight excluding hydrogens is 416 g/mol. The van der Waals surface area contributed by atoms with Gasteiger partial charge in [-0.25, -0.2) is 4.79 Å². The number of unbranched alkanes of at least 4 members (excludes halogenated alkanes) is 3. The van der Waals surface area contributed by atoms with Gasteiger partial charge in [-0.05, 0) is 69.0 Å². The molecule has 0 heterocycles. The number of benzene rings is 3. The van der Waals surface area contributed by atoms with Crippen LogP contribution in [0.15, 0.2) is 72.8 Å². The number of hydrogen-bond donors (Lipinski definition) is 2. The van der Waals surface area contributed by atoms with Gasteiger partial charge < -0.3 is 20.5 Å². The van der Waals surface area contributed by atoms with Crippen molar-refractivity contribution in [3.05, 3.63) is 78.4 Å². The minimum absolute atomic E-state index is 0.191. The number of nitrogens with one attached hydrogen (secondary N) is 1. The minimum atomic E-state index is -0.336. The summed E-state index contributed by atoms with van der Waals surface area (Å²) < 4.78 is 10.8. The molecule has 0 bridgehead atoms. The van der Waals surface area contributed by atoms with Crippen molar-refractivity contribution < 1.29 is 19.1 Å². The Morgan fingerprint density at radius 2 is 1.55 bits per heavy atom. The van der Waals surface area contributed by atoms with Gasteiger partial charge in [-0.3, -0.25) is 4.79 Å². The minimum Gasteiger partial charge on any atom is -0.494 e. The Morgan fingerprint density at radius 1 is 0.879 bits per heavy atom. The van der Waals surface area contributed by atoms with Crippen LogP contribution in [0.3, 0.4) is 0 Å². The van der Waals surface area contributed by atoms with E-state index in [0.29, 0.717) is 30.0 Å². The molecule has 0 aliphatic rings. The molecule has 0 aromatic heterocycles. The van der Waals surface area contributed by atoms with Crippen LogP contribution in [0, 0.1) is 0 Å². The van der Waals surface area contributed by atoms with Gasteiger partial charge in [-0.2, -0.15) is 0 Å². The number of nitrogen functional groups attached to an aromatic ring is 1. The number of carbonyl (C=O) groups is 2. The zero-order valence-corrected chi connectivity index (χ0v) is 18.9. The molecule has 3 N–H and O–H groups in total. The van der Waals surface area contributed by atoms with Crippen LogP contribution in [0.25, 0.3) is 10.8 Å². The number of nitrogens with two attached hydrogens (primary N) is 1. The van der Waals surface area contributed by atoms with E-state index in [9.17, 15) is 9.59 Å². The van der Waals surface area contributed by atoms with Crippen molar-refractivity contribution in [3.63, 3.8) is 0 Å². The second-order valence-electron chi connectivity index (χ2n) is 7.91. The quantitative estimate of drug-likeness (QED) is 0.170. The Hall–Kier alpha value is -3.80. The van der Waals surface area contributed by atoms with E-state index in [-0.39, 0.29) is 11.9 Å². The molecule has 0 fully saturated rings. The fourth-order valence-electron chi connectivity index (χ4n) is 3.36. The number of amides is 1. The monoisotopic (exact) mass is 446 g/mol. The highest BCUT2D eigenvalue weighted by atomic mass is 16.5. The summed E-state index contributed by atoms with van der Waals surface area (Å²) in [6.07, 6.45) is 3.68. The van der Waals surface area contributed by atoms with Crippen LogP contribution >= 0.6 is 0 Å². The average Bonchev–Trinajstić information content (AvgIpc) is 2.82. The van der Waals surface area contributed by atoms with Crippen molar-refractivity contribution in [2.75, 3.05) is 24.3 Å². The van der Waals surface area contributed by atoms with Crippen LogP contribution in [0.2, 0.25) is 0 Å². The fraction of sp³-hybridized carbons (Fsp3) is 0.259. The topological polar surface area (TPSA) is 90.6 Å². The van der Waals surface area contributed by atoms with E-state index in [4.69, 9.17) is 15.2 Å². The third-order valence-corrected chi connectivity index (χ3v) is 5.21. The van der Waals surface area contributed by atoms with E-state index in [1.54, 1.807) is 37.3 Å². The van der Waals surface area contributed by atoms with Crippen LogP contribution < -0.4 is 15.8 Å². The lowest BCUT2D eigenvalue weighted by Gasteiger charge is -2.11. The summed E-state index contributed by atoms with van der Waals surface area (Å²) in [6, 6.07) is 18.4. The van der Waals surface area contributed by atoms with Crippen LogP contribution in [-0.2, 0) is 9.53 Å². The number of esters is 1. The fourth-order valence-corrected chi connectivity index (χ4v) is 3.36. The number of fused-ring (bicyclic) bond motifs is 1. The highest BCUT2D eigenvalue weighted by Crippen LogP contribution is 2.28. The number of anilines is 2. The predicted octanol–water partition coefficient (Wildman–Crippen LogP) is 5.73.